The van der Waals surface area contributed by atoms with Crippen molar-refractivity contribution >= 4 is 34.3 Å². The lowest BCUT2D eigenvalue weighted by molar-refractivity contribution is -0.111. The van der Waals surface area contributed by atoms with Gasteiger partial charge in [-0.1, -0.05) is 30.3 Å². The van der Waals surface area contributed by atoms with Crippen LogP contribution >= 0.6 is 11.3 Å². The van der Waals surface area contributed by atoms with Gasteiger partial charge in [-0.25, -0.2) is 9.18 Å². The number of thiophene rings is 1. The van der Waals surface area contributed by atoms with Gasteiger partial charge in [0, 0.05) is 17.0 Å². The first-order valence-corrected chi connectivity index (χ1v) is 10.4. The number of hydrogen-bond acceptors (Lipinski definition) is 4. The molecule has 0 atom stereocenters. The van der Waals surface area contributed by atoms with Crippen LogP contribution in [0.25, 0.3) is 17.2 Å². The van der Waals surface area contributed by atoms with Gasteiger partial charge in [0.2, 0.25) is 5.91 Å². The third-order valence-electron chi connectivity index (χ3n) is 4.62. The standard InChI is InChI=1S/C24H22FNO3S/c1-4-29-24(28)22-20(18-9-5-15(2)16(3)13-18)14-30-23(22)26-21(27)12-8-17-6-10-19(25)11-7-17/h5-14H,4H2,1-3H3,(H,26,27)/b12-8+. The average molecular weight is 424 g/mol. The molecule has 0 spiro atoms. The second kappa shape index (κ2) is 9.50. The van der Waals surface area contributed by atoms with Crippen molar-refractivity contribution in [2.75, 3.05) is 11.9 Å². The number of carbonyl (C=O) groups is 2. The predicted octanol–water partition coefficient (Wildman–Crippen LogP) is 6.00. The van der Waals surface area contributed by atoms with Crippen molar-refractivity contribution in [3.05, 3.63) is 82.0 Å². The van der Waals surface area contributed by atoms with Gasteiger partial charge in [0.25, 0.3) is 0 Å². The summed E-state index contributed by atoms with van der Waals surface area (Å²) in [4.78, 5) is 25.1. The molecule has 0 fully saturated rings. The zero-order valence-electron chi connectivity index (χ0n) is 17.0. The van der Waals surface area contributed by atoms with Gasteiger partial charge in [-0.2, -0.15) is 0 Å². The molecule has 30 heavy (non-hydrogen) atoms. The highest BCUT2D eigenvalue weighted by atomic mass is 32.1. The fraction of sp³-hybridized carbons (Fsp3) is 0.167. The van der Waals surface area contributed by atoms with Crippen molar-refractivity contribution in [1.82, 2.24) is 0 Å². The van der Waals surface area contributed by atoms with Crippen molar-refractivity contribution in [3.8, 4) is 11.1 Å². The van der Waals surface area contributed by atoms with Crippen molar-refractivity contribution < 1.29 is 18.7 Å². The summed E-state index contributed by atoms with van der Waals surface area (Å²) in [7, 11) is 0. The fourth-order valence-corrected chi connectivity index (χ4v) is 3.84. The number of halogens is 1. The Hall–Kier alpha value is -3.25. The van der Waals surface area contributed by atoms with Crippen LogP contribution in [0.15, 0.2) is 53.9 Å². The molecule has 0 saturated carbocycles. The number of anilines is 1. The SMILES string of the molecule is CCOC(=O)c1c(-c2ccc(C)c(C)c2)csc1NC(=O)/C=C/c1ccc(F)cc1. The Morgan fingerprint density at radius 3 is 2.50 bits per heavy atom. The van der Waals surface area contributed by atoms with E-state index in [-0.39, 0.29) is 12.4 Å². The Kier molecular flexibility index (Phi) is 6.79. The molecule has 1 heterocycles. The van der Waals surface area contributed by atoms with Crippen LogP contribution in [0, 0.1) is 19.7 Å². The first kappa shape index (κ1) is 21.5. The van der Waals surface area contributed by atoms with Gasteiger partial charge in [0.15, 0.2) is 0 Å². The van der Waals surface area contributed by atoms with Gasteiger partial charge >= 0.3 is 5.97 Å². The first-order valence-electron chi connectivity index (χ1n) is 9.50. The summed E-state index contributed by atoms with van der Waals surface area (Å²) >= 11 is 1.27. The summed E-state index contributed by atoms with van der Waals surface area (Å²) in [6, 6.07) is 11.8. The van der Waals surface area contributed by atoms with E-state index in [4.69, 9.17) is 4.74 Å². The quantitative estimate of drug-likeness (QED) is 0.391. The van der Waals surface area contributed by atoms with E-state index < -0.39 is 11.9 Å². The molecule has 4 nitrogen and oxygen atoms in total. The molecule has 0 aliphatic heterocycles. The van der Waals surface area contributed by atoms with Crippen LogP contribution in [-0.4, -0.2) is 18.5 Å². The molecule has 1 N–H and O–H groups in total. The van der Waals surface area contributed by atoms with Gasteiger partial charge in [0.1, 0.15) is 16.4 Å². The molecule has 154 valence electrons. The minimum atomic E-state index is -0.482. The van der Waals surface area contributed by atoms with Gasteiger partial charge in [-0.15, -0.1) is 11.3 Å². The van der Waals surface area contributed by atoms with Crippen molar-refractivity contribution in [3.63, 3.8) is 0 Å². The smallest absolute Gasteiger partial charge is 0.341 e. The molecule has 0 radical (unpaired) electrons. The van der Waals surface area contributed by atoms with Crippen LogP contribution in [0.1, 0.15) is 34.0 Å². The normalized spacial score (nSPS) is 10.9. The Bertz CT molecular complexity index is 1100. The van der Waals surface area contributed by atoms with Crippen LogP contribution in [0.4, 0.5) is 9.39 Å². The lowest BCUT2D eigenvalue weighted by atomic mass is 9.99. The highest BCUT2D eigenvalue weighted by molar-refractivity contribution is 7.15. The highest BCUT2D eigenvalue weighted by Crippen LogP contribution is 2.37. The first-order chi connectivity index (χ1) is 14.4. The van der Waals surface area contributed by atoms with Gasteiger partial charge < -0.3 is 10.1 Å². The Balaban J connectivity index is 1.89. The summed E-state index contributed by atoms with van der Waals surface area (Å²) in [5.74, 6) is -1.21. The molecule has 0 unspecified atom stereocenters. The van der Waals surface area contributed by atoms with Gasteiger partial charge in [0.05, 0.1) is 6.61 Å². The molecular weight excluding hydrogens is 401 g/mol. The number of ether oxygens (including phenoxy) is 1. The summed E-state index contributed by atoms with van der Waals surface area (Å²) in [5.41, 5.74) is 4.92. The minimum absolute atomic E-state index is 0.235. The molecule has 3 rings (SSSR count). The lowest BCUT2D eigenvalue weighted by Crippen LogP contribution is -2.12. The molecule has 1 amide bonds. The third-order valence-corrected chi connectivity index (χ3v) is 5.52. The second-order valence-electron chi connectivity index (χ2n) is 6.75. The van der Waals surface area contributed by atoms with E-state index in [1.54, 1.807) is 25.1 Å². The van der Waals surface area contributed by atoms with Gasteiger partial charge in [-0.05, 0) is 61.2 Å². The van der Waals surface area contributed by atoms with E-state index in [2.05, 4.69) is 5.32 Å². The van der Waals surface area contributed by atoms with Crippen LogP contribution in [-0.2, 0) is 9.53 Å². The van der Waals surface area contributed by atoms with E-state index in [9.17, 15) is 14.0 Å². The monoisotopic (exact) mass is 423 g/mol. The molecule has 2 aromatic carbocycles. The number of esters is 1. The summed E-state index contributed by atoms with van der Waals surface area (Å²) < 4.78 is 18.2. The highest BCUT2D eigenvalue weighted by Gasteiger charge is 2.22. The van der Waals surface area contributed by atoms with Crippen LogP contribution in [0.5, 0.6) is 0 Å². The Morgan fingerprint density at radius 1 is 1.10 bits per heavy atom. The maximum absolute atomic E-state index is 13.0. The Labute approximate surface area is 179 Å². The molecule has 1 aromatic heterocycles. The largest absolute Gasteiger partial charge is 0.462 e. The average Bonchev–Trinajstić information content (AvgIpc) is 3.13. The molecule has 0 aliphatic carbocycles. The number of amides is 1. The van der Waals surface area contributed by atoms with Crippen molar-refractivity contribution in [1.29, 1.82) is 0 Å². The van der Waals surface area contributed by atoms with Crippen molar-refractivity contribution in [2.45, 2.75) is 20.8 Å². The van der Waals surface area contributed by atoms with E-state index in [1.165, 1.54) is 29.5 Å². The molecule has 6 heteroatoms. The molecule has 3 aromatic rings. The van der Waals surface area contributed by atoms with E-state index >= 15 is 0 Å². The summed E-state index contributed by atoms with van der Waals surface area (Å²) in [6.45, 7) is 6.01. The maximum atomic E-state index is 13.0. The number of rotatable bonds is 6. The summed E-state index contributed by atoms with van der Waals surface area (Å²) in [5, 5.41) is 5.03. The van der Waals surface area contributed by atoms with Crippen LogP contribution < -0.4 is 5.32 Å². The molecule has 0 bridgehead atoms. The summed E-state index contributed by atoms with van der Waals surface area (Å²) in [6.07, 6.45) is 2.92. The number of carbonyl (C=O) groups excluding carboxylic acids is 2. The number of hydrogen-bond donors (Lipinski definition) is 1. The minimum Gasteiger partial charge on any atom is -0.462 e. The van der Waals surface area contributed by atoms with Gasteiger partial charge in [-0.3, -0.25) is 4.79 Å². The van der Waals surface area contributed by atoms with Crippen LogP contribution in [0.3, 0.4) is 0 Å². The van der Waals surface area contributed by atoms with E-state index in [1.807, 2.05) is 37.4 Å². The van der Waals surface area contributed by atoms with Crippen LogP contribution in [0.2, 0.25) is 0 Å². The fourth-order valence-electron chi connectivity index (χ4n) is 2.88. The third kappa shape index (κ3) is 5.02. The topological polar surface area (TPSA) is 55.4 Å². The molecule has 0 saturated heterocycles. The number of aryl methyl sites for hydroxylation is 2. The number of benzene rings is 2. The zero-order valence-corrected chi connectivity index (χ0v) is 17.8. The van der Waals surface area contributed by atoms with Crippen molar-refractivity contribution in [2.24, 2.45) is 0 Å². The second-order valence-corrected chi connectivity index (χ2v) is 7.63. The molecule has 0 aliphatic rings. The lowest BCUT2D eigenvalue weighted by Gasteiger charge is -2.09. The molecular formula is C24H22FNO3S. The maximum Gasteiger partial charge on any atom is 0.341 e. The Morgan fingerprint density at radius 2 is 1.83 bits per heavy atom. The van der Waals surface area contributed by atoms with E-state index in [0.29, 0.717) is 16.1 Å². The zero-order chi connectivity index (χ0) is 21.7. The number of nitrogens with one attached hydrogen (secondary N) is 1. The van der Waals surface area contributed by atoms with E-state index in [0.717, 1.165) is 22.3 Å². The predicted molar refractivity (Wildman–Crippen MR) is 119 cm³/mol.